The fourth-order valence-corrected chi connectivity index (χ4v) is 3.51. The maximum Gasteiger partial charge on any atom is 0.115 e. The minimum atomic E-state index is 0.148. The molecule has 0 fully saturated rings. The summed E-state index contributed by atoms with van der Waals surface area (Å²) < 4.78 is 0. The summed E-state index contributed by atoms with van der Waals surface area (Å²) in [6.45, 7) is 21.5. The summed E-state index contributed by atoms with van der Waals surface area (Å²) in [7, 11) is 0. The Morgan fingerprint density at radius 3 is 1.33 bits per heavy atom. The zero-order chi connectivity index (χ0) is 18.7. The Morgan fingerprint density at radius 1 is 0.625 bits per heavy atom. The summed E-state index contributed by atoms with van der Waals surface area (Å²) in [6.07, 6.45) is 3.50. The van der Waals surface area contributed by atoms with Gasteiger partial charge in [0.05, 0.1) is 0 Å². The van der Waals surface area contributed by atoms with E-state index in [1.807, 2.05) is 20.0 Å². The molecule has 0 N–H and O–H groups in total. The summed E-state index contributed by atoms with van der Waals surface area (Å²) in [5.41, 5.74) is 7.69. The highest BCUT2D eigenvalue weighted by Gasteiger charge is 2.20. The minimum Gasteiger partial charge on any atom is -0.261 e. The van der Waals surface area contributed by atoms with Gasteiger partial charge in [0.1, 0.15) is 6.33 Å². The Bertz CT molecular complexity index is 587. The Kier molecular flexibility index (Phi) is 6.26. The standard InChI is InChI=1S/C11H17N.C10H16N2/c1-8-6-7-12-9(2)10(8)11(3,4)5;1-7-9(10(3,4)5)8(2)12-6-11-7/h6-7H,1-5H3;6H,1-5H3. The summed E-state index contributed by atoms with van der Waals surface area (Å²) in [6, 6.07) is 2.08. The van der Waals surface area contributed by atoms with Crippen LogP contribution in [0.2, 0.25) is 0 Å². The van der Waals surface area contributed by atoms with Gasteiger partial charge in [-0.2, -0.15) is 0 Å². The number of rotatable bonds is 0. The van der Waals surface area contributed by atoms with E-state index >= 15 is 0 Å². The Balaban J connectivity index is 0.000000240. The van der Waals surface area contributed by atoms with Crippen molar-refractivity contribution in [2.24, 2.45) is 0 Å². The van der Waals surface area contributed by atoms with Gasteiger partial charge in [-0.15, -0.1) is 0 Å². The van der Waals surface area contributed by atoms with Crippen molar-refractivity contribution in [3.8, 4) is 0 Å². The molecule has 2 rings (SSSR count). The van der Waals surface area contributed by atoms with E-state index in [1.54, 1.807) is 6.33 Å². The van der Waals surface area contributed by atoms with E-state index in [-0.39, 0.29) is 10.8 Å². The molecule has 3 nitrogen and oxygen atoms in total. The molecule has 0 unspecified atom stereocenters. The third kappa shape index (κ3) is 5.12. The van der Waals surface area contributed by atoms with Gasteiger partial charge in [0.2, 0.25) is 0 Å². The topological polar surface area (TPSA) is 38.7 Å². The van der Waals surface area contributed by atoms with Crippen LogP contribution in [-0.4, -0.2) is 15.0 Å². The van der Waals surface area contributed by atoms with Crippen LogP contribution in [0.1, 0.15) is 75.3 Å². The van der Waals surface area contributed by atoms with Crippen LogP contribution >= 0.6 is 0 Å². The molecule has 2 heterocycles. The molecule has 0 spiro atoms. The normalized spacial score (nSPS) is 11.8. The van der Waals surface area contributed by atoms with Gasteiger partial charge in [0.15, 0.2) is 0 Å². The molecule has 0 aromatic carbocycles. The number of hydrogen-bond acceptors (Lipinski definition) is 3. The predicted molar refractivity (Wildman–Crippen MR) is 103 cm³/mol. The van der Waals surface area contributed by atoms with E-state index in [0.717, 1.165) is 17.1 Å². The number of aromatic nitrogens is 3. The summed E-state index contributed by atoms with van der Waals surface area (Å²) >= 11 is 0. The van der Waals surface area contributed by atoms with Crippen LogP contribution in [0.4, 0.5) is 0 Å². The molecule has 0 amide bonds. The average Bonchev–Trinajstić information content (AvgIpc) is 2.35. The molecule has 24 heavy (non-hydrogen) atoms. The van der Waals surface area contributed by atoms with Crippen molar-refractivity contribution in [2.75, 3.05) is 0 Å². The van der Waals surface area contributed by atoms with Gasteiger partial charge in [-0.1, -0.05) is 41.5 Å². The Labute approximate surface area is 148 Å². The number of pyridine rings is 1. The van der Waals surface area contributed by atoms with E-state index in [4.69, 9.17) is 0 Å². The lowest BCUT2D eigenvalue weighted by molar-refractivity contribution is 0.572. The second-order valence-electron chi connectivity index (χ2n) is 8.51. The largest absolute Gasteiger partial charge is 0.261 e. The zero-order valence-corrected chi connectivity index (χ0v) is 17.1. The van der Waals surface area contributed by atoms with Gasteiger partial charge in [-0.05, 0) is 61.3 Å². The van der Waals surface area contributed by atoms with Crippen molar-refractivity contribution in [3.05, 3.63) is 52.4 Å². The molecule has 0 aliphatic carbocycles. The molecule has 0 saturated heterocycles. The van der Waals surface area contributed by atoms with E-state index in [9.17, 15) is 0 Å². The van der Waals surface area contributed by atoms with Crippen molar-refractivity contribution in [1.29, 1.82) is 0 Å². The quantitative estimate of drug-likeness (QED) is 0.651. The zero-order valence-electron chi connectivity index (χ0n) is 17.1. The van der Waals surface area contributed by atoms with Crippen LogP contribution < -0.4 is 0 Å². The van der Waals surface area contributed by atoms with E-state index < -0.39 is 0 Å². The SMILES string of the molecule is Cc1ccnc(C)c1C(C)(C)C.Cc1ncnc(C)c1C(C)(C)C. The first-order valence-electron chi connectivity index (χ1n) is 8.57. The molecule has 3 heteroatoms. The van der Waals surface area contributed by atoms with Crippen LogP contribution in [0.5, 0.6) is 0 Å². The van der Waals surface area contributed by atoms with Gasteiger partial charge >= 0.3 is 0 Å². The lowest BCUT2D eigenvalue weighted by atomic mass is 9.83. The van der Waals surface area contributed by atoms with Crippen LogP contribution in [0, 0.1) is 27.7 Å². The third-order valence-corrected chi connectivity index (χ3v) is 4.08. The number of nitrogens with zero attached hydrogens (tertiary/aromatic N) is 3. The maximum atomic E-state index is 4.31. The van der Waals surface area contributed by atoms with Crippen molar-refractivity contribution in [3.63, 3.8) is 0 Å². The predicted octanol–water partition coefficient (Wildman–Crippen LogP) is 5.39. The molecular formula is C21H33N3. The molecule has 0 radical (unpaired) electrons. The lowest BCUT2D eigenvalue weighted by Crippen LogP contribution is -2.16. The van der Waals surface area contributed by atoms with Crippen LogP contribution in [0.25, 0.3) is 0 Å². The van der Waals surface area contributed by atoms with Crippen LogP contribution in [0.15, 0.2) is 18.6 Å². The molecule has 0 saturated carbocycles. The third-order valence-electron chi connectivity index (χ3n) is 4.08. The monoisotopic (exact) mass is 327 g/mol. The summed E-state index contributed by atoms with van der Waals surface area (Å²) in [5.74, 6) is 0. The molecule has 132 valence electrons. The number of hydrogen-bond donors (Lipinski definition) is 0. The first kappa shape index (κ1) is 20.3. The molecule has 0 atom stereocenters. The van der Waals surface area contributed by atoms with Gasteiger partial charge < -0.3 is 0 Å². The summed E-state index contributed by atoms with van der Waals surface area (Å²) in [4.78, 5) is 12.7. The molecule has 0 aliphatic heterocycles. The van der Waals surface area contributed by atoms with E-state index in [2.05, 4.69) is 76.4 Å². The van der Waals surface area contributed by atoms with Gasteiger partial charge in [0.25, 0.3) is 0 Å². The van der Waals surface area contributed by atoms with Crippen molar-refractivity contribution < 1.29 is 0 Å². The summed E-state index contributed by atoms with van der Waals surface area (Å²) in [5, 5.41) is 0. The highest BCUT2D eigenvalue weighted by molar-refractivity contribution is 5.34. The fourth-order valence-electron chi connectivity index (χ4n) is 3.51. The van der Waals surface area contributed by atoms with E-state index in [1.165, 1.54) is 16.7 Å². The second-order valence-corrected chi connectivity index (χ2v) is 8.51. The minimum absolute atomic E-state index is 0.148. The highest BCUT2D eigenvalue weighted by atomic mass is 14.8. The Hall–Kier alpha value is -1.77. The lowest BCUT2D eigenvalue weighted by Gasteiger charge is -2.23. The Morgan fingerprint density at radius 2 is 1.04 bits per heavy atom. The van der Waals surface area contributed by atoms with Crippen molar-refractivity contribution in [1.82, 2.24) is 15.0 Å². The first-order valence-corrected chi connectivity index (χ1v) is 8.57. The molecule has 0 bridgehead atoms. The molecule has 0 aliphatic rings. The van der Waals surface area contributed by atoms with Gasteiger partial charge in [0, 0.05) is 23.3 Å². The van der Waals surface area contributed by atoms with Gasteiger partial charge in [-0.25, -0.2) is 9.97 Å². The molecule has 2 aromatic rings. The highest BCUT2D eigenvalue weighted by Crippen LogP contribution is 2.27. The van der Waals surface area contributed by atoms with Crippen LogP contribution in [-0.2, 0) is 10.8 Å². The second kappa shape index (κ2) is 7.42. The average molecular weight is 328 g/mol. The van der Waals surface area contributed by atoms with Gasteiger partial charge in [-0.3, -0.25) is 4.98 Å². The molecule has 2 aromatic heterocycles. The smallest absolute Gasteiger partial charge is 0.115 e. The number of aryl methyl sites for hydroxylation is 4. The first-order chi connectivity index (χ1) is 10.9. The van der Waals surface area contributed by atoms with Crippen molar-refractivity contribution in [2.45, 2.75) is 80.1 Å². The fraction of sp³-hybridized carbons (Fsp3) is 0.571. The van der Waals surface area contributed by atoms with Crippen molar-refractivity contribution >= 4 is 0 Å². The van der Waals surface area contributed by atoms with E-state index in [0.29, 0.717) is 0 Å². The van der Waals surface area contributed by atoms with Crippen LogP contribution in [0.3, 0.4) is 0 Å². The maximum absolute atomic E-state index is 4.31. The molecular weight excluding hydrogens is 294 g/mol.